The van der Waals surface area contributed by atoms with E-state index in [0.29, 0.717) is 0 Å². The van der Waals surface area contributed by atoms with Crippen LogP contribution < -0.4 is 0 Å². The number of aliphatic hydroxyl groups excluding tert-OH is 1. The zero-order chi connectivity index (χ0) is 9.90. The third kappa shape index (κ3) is 1.67. The first-order chi connectivity index (χ1) is 6.11. The second kappa shape index (κ2) is 3.53. The Morgan fingerprint density at radius 2 is 1.92 bits per heavy atom. The first-order valence-electron chi connectivity index (χ1n) is 3.70. The van der Waals surface area contributed by atoms with E-state index in [-0.39, 0.29) is 5.56 Å². The summed E-state index contributed by atoms with van der Waals surface area (Å²) >= 11 is 0. The predicted octanol–water partition coefficient (Wildman–Crippen LogP) is 0.928. The number of aliphatic carboxylic acids is 1. The van der Waals surface area contributed by atoms with E-state index in [1.54, 1.807) is 6.07 Å². The van der Waals surface area contributed by atoms with Gasteiger partial charge in [0.1, 0.15) is 0 Å². The molecule has 1 aromatic carbocycles. The highest BCUT2D eigenvalue weighted by molar-refractivity contribution is 5.79. The molecule has 0 amide bonds. The molecule has 0 saturated carbocycles. The molecule has 13 heavy (non-hydrogen) atoms. The summed E-state index contributed by atoms with van der Waals surface area (Å²) in [4.78, 5) is 10.5. The van der Waals surface area contributed by atoms with Gasteiger partial charge in [-0.15, -0.1) is 0 Å². The van der Waals surface area contributed by atoms with E-state index in [4.69, 9.17) is 10.2 Å². The molecule has 70 valence electrons. The first kappa shape index (κ1) is 9.67. The van der Waals surface area contributed by atoms with Gasteiger partial charge in [0, 0.05) is 5.56 Å². The Hall–Kier alpha value is -1.42. The van der Waals surface area contributed by atoms with Crippen LogP contribution in [0.25, 0.3) is 0 Å². The fourth-order valence-electron chi connectivity index (χ4n) is 0.985. The van der Waals surface area contributed by atoms with Gasteiger partial charge in [0.2, 0.25) is 0 Å². The molecule has 0 bridgehead atoms. The highest BCUT2D eigenvalue weighted by Crippen LogP contribution is 2.25. The Balaban J connectivity index is 3.11. The van der Waals surface area contributed by atoms with Gasteiger partial charge in [-0.1, -0.05) is 30.3 Å². The Morgan fingerprint density at radius 3 is 2.31 bits per heavy atom. The number of carboxylic acid groups (broad SMARTS) is 1. The number of hydrogen-bond donors (Lipinski definition) is 2. The molecule has 1 rings (SSSR count). The van der Waals surface area contributed by atoms with Gasteiger partial charge in [-0.05, 0) is 0 Å². The number of alkyl halides is 1. The molecule has 0 unspecified atom stereocenters. The number of carboxylic acids is 1. The Morgan fingerprint density at radius 1 is 1.38 bits per heavy atom. The second-order valence-corrected chi connectivity index (χ2v) is 2.63. The van der Waals surface area contributed by atoms with Gasteiger partial charge in [0.25, 0.3) is 5.67 Å². The van der Waals surface area contributed by atoms with Crippen molar-refractivity contribution in [1.82, 2.24) is 0 Å². The quantitative estimate of drug-likeness (QED) is 0.734. The zero-order valence-corrected chi connectivity index (χ0v) is 6.77. The van der Waals surface area contributed by atoms with Crippen LogP contribution in [-0.4, -0.2) is 22.8 Å². The first-order valence-corrected chi connectivity index (χ1v) is 3.70. The van der Waals surface area contributed by atoms with Crippen molar-refractivity contribution in [2.75, 3.05) is 6.61 Å². The van der Waals surface area contributed by atoms with Crippen molar-refractivity contribution in [1.29, 1.82) is 0 Å². The van der Waals surface area contributed by atoms with Gasteiger partial charge in [-0.3, -0.25) is 0 Å². The molecule has 1 atom stereocenters. The van der Waals surface area contributed by atoms with Crippen LogP contribution in [0.15, 0.2) is 30.3 Å². The minimum absolute atomic E-state index is 0.0509. The highest BCUT2D eigenvalue weighted by atomic mass is 19.1. The van der Waals surface area contributed by atoms with E-state index in [2.05, 4.69) is 0 Å². The van der Waals surface area contributed by atoms with Crippen LogP contribution in [-0.2, 0) is 10.5 Å². The van der Waals surface area contributed by atoms with Crippen molar-refractivity contribution in [3.05, 3.63) is 35.9 Å². The van der Waals surface area contributed by atoms with Crippen LogP contribution in [0, 0.1) is 0 Å². The van der Waals surface area contributed by atoms with E-state index in [0.717, 1.165) is 0 Å². The molecule has 1 aromatic rings. The van der Waals surface area contributed by atoms with Gasteiger partial charge in [-0.25, -0.2) is 9.18 Å². The number of carbonyl (C=O) groups is 1. The van der Waals surface area contributed by atoms with Crippen LogP contribution >= 0.6 is 0 Å². The minimum Gasteiger partial charge on any atom is -0.479 e. The van der Waals surface area contributed by atoms with E-state index in [1.807, 2.05) is 0 Å². The minimum atomic E-state index is -2.69. The number of rotatable bonds is 3. The van der Waals surface area contributed by atoms with Crippen LogP contribution in [0.4, 0.5) is 4.39 Å². The highest BCUT2D eigenvalue weighted by Gasteiger charge is 2.39. The molecular weight excluding hydrogens is 175 g/mol. The van der Waals surface area contributed by atoms with Gasteiger partial charge in [0.05, 0.1) is 6.61 Å². The van der Waals surface area contributed by atoms with Crippen molar-refractivity contribution in [3.8, 4) is 0 Å². The molecule has 0 spiro atoms. The van der Waals surface area contributed by atoms with Gasteiger partial charge >= 0.3 is 5.97 Å². The Bertz CT molecular complexity index is 299. The lowest BCUT2D eigenvalue weighted by molar-refractivity contribution is -0.154. The SMILES string of the molecule is O=C(O)[C@](F)(CO)c1ccccc1. The predicted molar refractivity (Wildman–Crippen MR) is 43.9 cm³/mol. The maximum Gasteiger partial charge on any atom is 0.348 e. The fraction of sp³-hybridized carbons (Fsp3) is 0.222. The maximum atomic E-state index is 13.5. The molecule has 4 heteroatoms. The summed E-state index contributed by atoms with van der Waals surface area (Å²) in [5.74, 6) is -1.68. The number of benzene rings is 1. The average Bonchev–Trinajstić information content (AvgIpc) is 2.17. The normalized spacial score (nSPS) is 14.9. The largest absolute Gasteiger partial charge is 0.479 e. The Kier molecular flexibility index (Phi) is 2.63. The molecule has 3 nitrogen and oxygen atoms in total. The molecule has 0 radical (unpaired) electrons. The Labute approximate surface area is 74.4 Å². The third-order valence-electron chi connectivity index (χ3n) is 1.79. The van der Waals surface area contributed by atoms with Gasteiger partial charge in [-0.2, -0.15) is 0 Å². The standard InChI is InChI=1S/C9H9FO3/c10-9(6-11,8(12)13)7-4-2-1-3-5-7/h1-5,11H,6H2,(H,12,13)/t9-/m0/s1. The summed E-state index contributed by atoms with van der Waals surface area (Å²) < 4.78 is 13.5. The maximum absolute atomic E-state index is 13.5. The van der Waals surface area contributed by atoms with Crippen LogP contribution in [0.1, 0.15) is 5.56 Å². The number of halogens is 1. The molecular formula is C9H9FO3. The van der Waals surface area contributed by atoms with Crippen LogP contribution in [0.2, 0.25) is 0 Å². The molecule has 0 aliphatic heterocycles. The monoisotopic (exact) mass is 184 g/mol. The molecule has 0 aliphatic rings. The summed E-state index contributed by atoms with van der Waals surface area (Å²) in [5, 5.41) is 17.2. The van der Waals surface area contributed by atoms with E-state index >= 15 is 0 Å². The summed E-state index contributed by atoms with van der Waals surface area (Å²) in [6.07, 6.45) is 0. The lowest BCUT2D eigenvalue weighted by Crippen LogP contribution is -2.34. The smallest absolute Gasteiger partial charge is 0.348 e. The summed E-state index contributed by atoms with van der Waals surface area (Å²) in [7, 11) is 0. The van der Waals surface area contributed by atoms with Crippen molar-refractivity contribution in [3.63, 3.8) is 0 Å². The fourth-order valence-corrected chi connectivity index (χ4v) is 0.985. The summed E-state index contributed by atoms with van der Waals surface area (Å²) in [5.41, 5.74) is -2.74. The lowest BCUT2D eigenvalue weighted by Gasteiger charge is -2.17. The zero-order valence-electron chi connectivity index (χ0n) is 6.77. The second-order valence-electron chi connectivity index (χ2n) is 2.63. The topological polar surface area (TPSA) is 57.5 Å². The summed E-state index contributed by atoms with van der Waals surface area (Å²) in [6.45, 7) is -1.06. The lowest BCUT2D eigenvalue weighted by atomic mass is 9.97. The van der Waals surface area contributed by atoms with Crippen molar-refractivity contribution >= 4 is 5.97 Å². The third-order valence-corrected chi connectivity index (χ3v) is 1.79. The van der Waals surface area contributed by atoms with Crippen LogP contribution in [0.3, 0.4) is 0 Å². The van der Waals surface area contributed by atoms with Crippen molar-refractivity contribution in [2.24, 2.45) is 0 Å². The average molecular weight is 184 g/mol. The molecule has 0 aromatic heterocycles. The number of aliphatic hydroxyl groups is 1. The van der Waals surface area contributed by atoms with Crippen molar-refractivity contribution < 1.29 is 19.4 Å². The van der Waals surface area contributed by atoms with E-state index < -0.39 is 18.2 Å². The summed E-state index contributed by atoms with van der Waals surface area (Å²) in [6, 6.07) is 7.32. The number of hydrogen-bond acceptors (Lipinski definition) is 2. The molecule has 0 heterocycles. The van der Waals surface area contributed by atoms with Gasteiger partial charge < -0.3 is 10.2 Å². The molecule has 0 fully saturated rings. The van der Waals surface area contributed by atoms with Crippen molar-refractivity contribution in [2.45, 2.75) is 5.67 Å². The van der Waals surface area contributed by atoms with E-state index in [1.165, 1.54) is 24.3 Å². The van der Waals surface area contributed by atoms with E-state index in [9.17, 15) is 9.18 Å². The molecule has 0 aliphatic carbocycles. The van der Waals surface area contributed by atoms with Gasteiger partial charge in [0.15, 0.2) is 0 Å². The molecule has 0 saturated heterocycles. The van der Waals surface area contributed by atoms with Crippen LogP contribution in [0.5, 0.6) is 0 Å². The molecule has 2 N–H and O–H groups in total.